The number of amides is 1. The fourth-order valence-electron chi connectivity index (χ4n) is 5.38. The maximum absolute atomic E-state index is 13.1. The van der Waals surface area contributed by atoms with Crippen molar-refractivity contribution < 1.29 is 4.79 Å². The lowest BCUT2D eigenvalue weighted by Gasteiger charge is -2.38. The first-order valence-corrected chi connectivity index (χ1v) is 11.1. The van der Waals surface area contributed by atoms with E-state index < -0.39 is 0 Å². The van der Waals surface area contributed by atoms with Crippen LogP contribution in [0.1, 0.15) is 71.1 Å². The quantitative estimate of drug-likeness (QED) is 0.658. The Hall–Kier alpha value is -2.55. The van der Waals surface area contributed by atoms with E-state index in [1.165, 1.54) is 35.2 Å². The fourth-order valence-corrected chi connectivity index (χ4v) is 5.38. The second-order valence-electron chi connectivity index (χ2n) is 8.90. The maximum Gasteiger partial charge on any atom is 0.253 e. The zero-order valence-corrected chi connectivity index (χ0v) is 17.2. The number of anilines is 1. The standard InChI is InChI=1S/C26H30N2O/c1-18-8-6-9-19(16-18)25-22-11-7-10-21(22)23-17-20(12-13-24(23)27-25)26(29)28-14-4-2-3-5-15-28/h6-10,12-13,16-17,21-22,25,27H,2-5,11,14-15H2,1H3. The molecule has 2 aliphatic heterocycles. The number of rotatable bonds is 2. The summed E-state index contributed by atoms with van der Waals surface area (Å²) in [5, 5.41) is 3.80. The van der Waals surface area contributed by atoms with E-state index in [1.54, 1.807) is 0 Å². The molecule has 2 aromatic carbocycles. The second kappa shape index (κ2) is 7.70. The summed E-state index contributed by atoms with van der Waals surface area (Å²) >= 11 is 0. The summed E-state index contributed by atoms with van der Waals surface area (Å²) < 4.78 is 0. The van der Waals surface area contributed by atoms with Crippen molar-refractivity contribution in [2.45, 2.75) is 51.0 Å². The second-order valence-corrected chi connectivity index (χ2v) is 8.90. The molecule has 1 N–H and O–H groups in total. The molecule has 0 radical (unpaired) electrons. The third-order valence-electron chi connectivity index (χ3n) is 6.90. The number of hydrogen-bond acceptors (Lipinski definition) is 2. The number of nitrogens with one attached hydrogen (secondary N) is 1. The maximum atomic E-state index is 13.1. The molecule has 150 valence electrons. The highest BCUT2D eigenvalue weighted by atomic mass is 16.2. The average molecular weight is 387 g/mol. The molecule has 2 heterocycles. The fraction of sp³-hybridized carbons (Fsp3) is 0.423. The predicted molar refractivity (Wildman–Crippen MR) is 118 cm³/mol. The molecule has 3 heteroatoms. The molecule has 2 aromatic rings. The van der Waals surface area contributed by atoms with Crippen LogP contribution in [0.3, 0.4) is 0 Å². The highest BCUT2D eigenvalue weighted by Gasteiger charge is 2.38. The number of allylic oxidation sites excluding steroid dienone is 2. The average Bonchev–Trinajstić information content (AvgIpc) is 3.08. The Bertz CT molecular complexity index is 939. The molecule has 1 fully saturated rings. The molecule has 3 aliphatic rings. The largest absolute Gasteiger partial charge is 0.378 e. The summed E-state index contributed by atoms with van der Waals surface area (Å²) in [6.45, 7) is 3.95. The minimum atomic E-state index is 0.203. The van der Waals surface area contributed by atoms with Gasteiger partial charge >= 0.3 is 0 Å². The van der Waals surface area contributed by atoms with E-state index in [9.17, 15) is 4.79 Å². The summed E-state index contributed by atoms with van der Waals surface area (Å²) in [7, 11) is 0. The van der Waals surface area contributed by atoms with E-state index in [-0.39, 0.29) is 5.91 Å². The van der Waals surface area contributed by atoms with Crippen molar-refractivity contribution in [3.63, 3.8) is 0 Å². The van der Waals surface area contributed by atoms with Crippen LogP contribution >= 0.6 is 0 Å². The van der Waals surface area contributed by atoms with Crippen LogP contribution in [0.2, 0.25) is 0 Å². The first kappa shape index (κ1) is 18.5. The van der Waals surface area contributed by atoms with Crippen molar-refractivity contribution in [2.24, 2.45) is 5.92 Å². The van der Waals surface area contributed by atoms with E-state index in [2.05, 4.69) is 65.7 Å². The Labute approximate surface area is 173 Å². The topological polar surface area (TPSA) is 32.3 Å². The van der Waals surface area contributed by atoms with Crippen LogP contribution in [0, 0.1) is 12.8 Å². The van der Waals surface area contributed by atoms with E-state index in [1.807, 2.05) is 6.07 Å². The summed E-state index contributed by atoms with van der Waals surface area (Å²) in [5.41, 5.74) is 5.97. The molecule has 0 aromatic heterocycles. The number of fused-ring (bicyclic) bond motifs is 3. The zero-order chi connectivity index (χ0) is 19.8. The first-order chi connectivity index (χ1) is 14.2. The van der Waals surface area contributed by atoms with Gasteiger partial charge in [-0.25, -0.2) is 0 Å². The van der Waals surface area contributed by atoms with Crippen molar-refractivity contribution >= 4 is 11.6 Å². The van der Waals surface area contributed by atoms with Gasteiger partial charge in [0.2, 0.25) is 0 Å². The van der Waals surface area contributed by atoms with Gasteiger partial charge in [0.15, 0.2) is 0 Å². The van der Waals surface area contributed by atoms with Crippen LogP contribution in [-0.2, 0) is 0 Å². The SMILES string of the molecule is Cc1cccc(C2Nc3ccc(C(=O)N4CCCCCC4)cc3C3C=CCC32)c1. The highest BCUT2D eigenvalue weighted by molar-refractivity contribution is 5.95. The van der Waals surface area contributed by atoms with Gasteiger partial charge in [-0.3, -0.25) is 4.79 Å². The van der Waals surface area contributed by atoms with Crippen molar-refractivity contribution in [3.8, 4) is 0 Å². The van der Waals surface area contributed by atoms with Gasteiger partial charge in [-0.05, 0) is 61.4 Å². The van der Waals surface area contributed by atoms with Gasteiger partial charge in [-0.2, -0.15) is 0 Å². The Balaban J connectivity index is 1.46. The van der Waals surface area contributed by atoms with Crippen molar-refractivity contribution in [1.82, 2.24) is 4.90 Å². The molecule has 1 amide bonds. The van der Waals surface area contributed by atoms with Crippen LogP contribution in [0.25, 0.3) is 0 Å². The third-order valence-corrected chi connectivity index (χ3v) is 6.90. The molecule has 3 atom stereocenters. The number of hydrogen-bond donors (Lipinski definition) is 1. The van der Waals surface area contributed by atoms with Crippen molar-refractivity contribution in [2.75, 3.05) is 18.4 Å². The van der Waals surface area contributed by atoms with Crippen LogP contribution in [-0.4, -0.2) is 23.9 Å². The van der Waals surface area contributed by atoms with Gasteiger partial charge < -0.3 is 10.2 Å². The molecule has 3 unspecified atom stereocenters. The summed E-state index contributed by atoms with van der Waals surface area (Å²) in [6, 6.07) is 15.5. The van der Waals surface area contributed by atoms with Crippen molar-refractivity contribution in [1.29, 1.82) is 0 Å². The first-order valence-electron chi connectivity index (χ1n) is 11.1. The Morgan fingerprint density at radius 2 is 1.86 bits per heavy atom. The molecular weight excluding hydrogens is 356 g/mol. The molecule has 1 aliphatic carbocycles. The normalized spacial score (nSPS) is 25.7. The molecule has 0 saturated carbocycles. The number of benzene rings is 2. The monoisotopic (exact) mass is 386 g/mol. The van der Waals surface area contributed by atoms with Crippen LogP contribution in [0.5, 0.6) is 0 Å². The van der Waals surface area contributed by atoms with Gasteiger partial charge in [-0.15, -0.1) is 0 Å². The Morgan fingerprint density at radius 1 is 1.03 bits per heavy atom. The van der Waals surface area contributed by atoms with Gasteiger partial charge in [0.05, 0.1) is 6.04 Å². The lowest BCUT2D eigenvalue weighted by molar-refractivity contribution is 0.0761. The van der Waals surface area contributed by atoms with E-state index >= 15 is 0 Å². The molecule has 0 bridgehead atoms. The molecule has 1 saturated heterocycles. The Morgan fingerprint density at radius 3 is 2.66 bits per heavy atom. The van der Waals surface area contributed by atoms with Crippen LogP contribution < -0.4 is 5.32 Å². The van der Waals surface area contributed by atoms with E-state index in [0.29, 0.717) is 17.9 Å². The van der Waals surface area contributed by atoms with E-state index in [0.717, 1.165) is 37.9 Å². The molecule has 3 nitrogen and oxygen atoms in total. The molecule has 29 heavy (non-hydrogen) atoms. The van der Waals surface area contributed by atoms with Crippen molar-refractivity contribution in [3.05, 3.63) is 76.9 Å². The van der Waals surface area contributed by atoms with Crippen LogP contribution in [0.15, 0.2) is 54.6 Å². The van der Waals surface area contributed by atoms with Gasteiger partial charge in [-0.1, -0.05) is 54.8 Å². The number of aryl methyl sites for hydroxylation is 1. The Kier molecular flexibility index (Phi) is 4.91. The molecule has 5 rings (SSSR count). The van der Waals surface area contributed by atoms with Gasteiger partial charge in [0.25, 0.3) is 5.91 Å². The number of carbonyl (C=O) groups is 1. The minimum absolute atomic E-state index is 0.203. The summed E-state index contributed by atoms with van der Waals surface area (Å²) in [5.74, 6) is 1.09. The summed E-state index contributed by atoms with van der Waals surface area (Å²) in [6.07, 6.45) is 10.5. The number of likely N-dealkylation sites (tertiary alicyclic amines) is 1. The lowest BCUT2D eigenvalue weighted by Crippen LogP contribution is -2.33. The van der Waals surface area contributed by atoms with E-state index in [4.69, 9.17) is 0 Å². The van der Waals surface area contributed by atoms with Gasteiger partial charge in [0.1, 0.15) is 0 Å². The lowest BCUT2D eigenvalue weighted by atomic mass is 9.76. The minimum Gasteiger partial charge on any atom is -0.378 e. The zero-order valence-electron chi connectivity index (χ0n) is 17.2. The number of nitrogens with zero attached hydrogens (tertiary/aromatic N) is 1. The number of carbonyl (C=O) groups excluding carboxylic acids is 1. The molecular formula is C26H30N2O. The predicted octanol–water partition coefficient (Wildman–Crippen LogP) is 5.84. The summed E-state index contributed by atoms with van der Waals surface area (Å²) in [4.78, 5) is 15.2. The highest BCUT2D eigenvalue weighted by Crippen LogP contribution is 2.50. The third kappa shape index (κ3) is 3.48. The smallest absolute Gasteiger partial charge is 0.253 e. The van der Waals surface area contributed by atoms with Crippen LogP contribution in [0.4, 0.5) is 5.69 Å². The molecule has 0 spiro atoms. The van der Waals surface area contributed by atoms with Gasteiger partial charge in [0, 0.05) is 30.3 Å².